The van der Waals surface area contributed by atoms with Crippen molar-refractivity contribution in [1.82, 2.24) is 14.9 Å². The molecule has 1 aliphatic rings. The van der Waals surface area contributed by atoms with Crippen LogP contribution in [0.2, 0.25) is 5.02 Å². The minimum absolute atomic E-state index is 0.0478. The van der Waals surface area contributed by atoms with Crippen LogP contribution in [0.15, 0.2) is 72.8 Å². The van der Waals surface area contributed by atoms with Gasteiger partial charge in [-0.15, -0.1) is 0 Å². The van der Waals surface area contributed by atoms with Gasteiger partial charge in [0.1, 0.15) is 11.5 Å². The van der Waals surface area contributed by atoms with Crippen molar-refractivity contribution < 1.29 is 9.18 Å². The summed E-state index contributed by atoms with van der Waals surface area (Å²) in [5.74, 6) is 0.127. The highest BCUT2D eigenvalue weighted by atomic mass is 35.5. The molecule has 0 atom stereocenters. The van der Waals surface area contributed by atoms with Crippen molar-refractivity contribution in [2.24, 2.45) is 0 Å². The van der Waals surface area contributed by atoms with Crippen LogP contribution in [0, 0.1) is 5.82 Å². The van der Waals surface area contributed by atoms with Crippen LogP contribution in [0.4, 0.5) is 10.2 Å². The van der Waals surface area contributed by atoms with Gasteiger partial charge in [-0.2, -0.15) is 0 Å². The molecule has 0 unspecified atom stereocenters. The molecule has 0 bridgehead atoms. The average molecular weight is 447 g/mol. The smallest absolute Gasteiger partial charge is 0.254 e. The lowest BCUT2D eigenvalue weighted by Gasteiger charge is -2.36. The molecule has 0 radical (unpaired) electrons. The summed E-state index contributed by atoms with van der Waals surface area (Å²) in [4.78, 5) is 26.6. The second-order valence-electron chi connectivity index (χ2n) is 7.66. The van der Waals surface area contributed by atoms with Crippen LogP contribution < -0.4 is 4.90 Å². The van der Waals surface area contributed by atoms with Crippen LogP contribution in [-0.2, 0) is 0 Å². The lowest BCUT2D eigenvalue weighted by Crippen LogP contribution is -2.49. The van der Waals surface area contributed by atoms with Gasteiger partial charge in [0.2, 0.25) is 0 Å². The van der Waals surface area contributed by atoms with E-state index in [1.165, 1.54) is 18.2 Å². The summed E-state index contributed by atoms with van der Waals surface area (Å²) in [6.07, 6.45) is 0. The summed E-state index contributed by atoms with van der Waals surface area (Å²) >= 11 is 5.85. The number of halogens is 2. The molecule has 7 heteroatoms. The number of rotatable bonds is 3. The van der Waals surface area contributed by atoms with Gasteiger partial charge in [-0.1, -0.05) is 54.1 Å². The number of piperazine rings is 1. The van der Waals surface area contributed by atoms with Gasteiger partial charge in [-0.25, -0.2) is 14.4 Å². The highest BCUT2D eigenvalue weighted by molar-refractivity contribution is 6.31. The quantitative estimate of drug-likeness (QED) is 0.442. The number of hydrogen-bond acceptors (Lipinski definition) is 4. The minimum atomic E-state index is -0.531. The number of hydrogen-bond donors (Lipinski definition) is 0. The summed E-state index contributed by atoms with van der Waals surface area (Å²) in [6, 6.07) is 21.9. The Labute approximate surface area is 190 Å². The molecule has 1 aliphatic heterocycles. The standard InChI is InChI=1S/C25H20ClFN4O/c26-19-16-18(10-11-20(19)27)25(32)31-14-12-30(13-15-31)24-23(17-6-2-1-3-7-17)28-21-8-4-5-9-22(21)29-24/h1-11,16H,12-15H2. The van der Waals surface area contributed by atoms with E-state index >= 15 is 0 Å². The Bertz CT molecular complexity index is 1290. The first-order valence-corrected chi connectivity index (χ1v) is 10.8. The van der Waals surface area contributed by atoms with Gasteiger partial charge in [-0.05, 0) is 30.3 Å². The number of anilines is 1. The van der Waals surface area contributed by atoms with Crippen molar-refractivity contribution in [1.29, 1.82) is 0 Å². The van der Waals surface area contributed by atoms with Crippen LogP contribution in [0.1, 0.15) is 10.4 Å². The van der Waals surface area contributed by atoms with Crippen LogP contribution in [-0.4, -0.2) is 47.0 Å². The summed E-state index contributed by atoms with van der Waals surface area (Å²) in [7, 11) is 0. The van der Waals surface area contributed by atoms with Crippen LogP contribution >= 0.6 is 11.6 Å². The number of fused-ring (bicyclic) bond motifs is 1. The maximum atomic E-state index is 13.5. The van der Waals surface area contributed by atoms with Crippen molar-refractivity contribution in [3.63, 3.8) is 0 Å². The molecule has 160 valence electrons. The summed E-state index contributed by atoms with van der Waals surface area (Å²) < 4.78 is 13.5. The number of carbonyl (C=O) groups is 1. The van der Waals surface area contributed by atoms with Crippen molar-refractivity contribution in [2.45, 2.75) is 0 Å². The van der Waals surface area contributed by atoms with E-state index in [1.807, 2.05) is 54.6 Å². The SMILES string of the molecule is O=C(c1ccc(F)c(Cl)c1)N1CCN(c2nc3ccccc3nc2-c2ccccc2)CC1. The number of nitrogens with zero attached hydrogens (tertiary/aromatic N) is 4. The molecule has 2 heterocycles. The Balaban J connectivity index is 1.42. The molecule has 0 N–H and O–H groups in total. The first kappa shape index (κ1) is 20.4. The average Bonchev–Trinajstić information content (AvgIpc) is 2.85. The Morgan fingerprint density at radius 1 is 0.844 bits per heavy atom. The molecule has 0 aliphatic carbocycles. The molecule has 1 amide bonds. The molecule has 1 aromatic heterocycles. The van der Waals surface area contributed by atoms with E-state index in [2.05, 4.69) is 4.90 Å². The van der Waals surface area contributed by atoms with Crippen LogP contribution in [0.5, 0.6) is 0 Å². The maximum absolute atomic E-state index is 13.5. The van der Waals surface area contributed by atoms with E-state index < -0.39 is 5.82 Å². The first-order chi connectivity index (χ1) is 15.6. The van der Waals surface area contributed by atoms with Gasteiger partial charge in [-0.3, -0.25) is 4.79 Å². The predicted octanol–water partition coefficient (Wildman–Crippen LogP) is 5.05. The third-order valence-corrected chi connectivity index (χ3v) is 5.92. The Morgan fingerprint density at radius 3 is 2.19 bits per heavy atom. The second-order valence-corrected chi connectivity index (χ2v) is 8.07. The molecular formula is C25H20ClFN4O. The Hall–Kier alpha value is -3.51. The zero-order valence-electron chi connectivity index (χ0n) is 17.2. The summed E-state index contributed by atoms with van der Waals surface area (Å²) in [6.45, 7) is 2.29. The van der Waals surface area contributed by atoms with Crippen molar-refractivity contribution >= 4 is 34.4 Å². The lowest BCUT2D eigenvalue weighted by molar-refractivity contribution is 0.0746. The molecule has 1 fully saturated rings. The first-order valence-electron chi connectivity index (χ1n) is 10.4. The van der Waals surface area contributed by atoms with Crippen molar-refractivity contribution in [2.75, 3.05) is 31.1 Å². The fourth-order valence-corrected chi connectivity index (χ4v) is 4.11. The minimum Gasteiger partial charge on any atom is -0.351 e. The number of benzene rings is 3. The molecule has 5 nitrogen and oxygen atoms in total. The third kappa shape index (κ3) is 3.89. The highest BCUT2D eigenvalue weighted by Crippen LogP contribution is 2.30. The molecular weight excluding hydrogens is 427 g/mol. The van der Waals surface area contributed by atoms with Crippen molar-refractivity contribution in [3.8, 4) is 11.3 Å². The Kier molecular flexibility index (Phi) is 5.45. The number of aromatic nitrogens is 2. The topological polar surface area (TPSA) is 49.3 Å². The van der Waals surface area contributed by atoms with Gasteiger partial charge in [0, 0.05) is 37.3 Å². The lowest BCUT2D eigenvalue weighted by atomic mass is 10.1. The van der Waals surface area contributed by atoms with Crippen molar-refractivity contribution in [3.05, 3.63) is 89.2 Å². The molecule has 0 saturated carbocycles. The second kappa shape index (κ2) is 8.55. The van der Waals surface area contributed by atoms with E-state index in [0.29, 0.717) is 31.7 Å². The zero-order chi connectivity index (χ0) is 22.1. The van der Waals surface area contributed by atoms with E-state index in [0.717, 1.165) is 28.1 Å². The van der Waals surface area contributed by atoms with Gasteiger partial charge >= 0.3 is 0 Å². The number of carbonyl (C=O) groups excluding carboxylic acids is 1. The molecule has 0 spiro atoms. The summed E-state index contributed by atoms with van der Waals surface area (Å²) in [5.41, 5.74) is 3.90. The van der Waals surface area contributed by atoms with E-state index in [-0.39, 0.29) is 10.9 Å². The monoisotopic (exact) mass is 446 g/mol. The largest absolute Gasteiger partial charge is 0.351 e. The molecule has 1 saturated heterocycles. The van der Waals surface area contributed by atoms with E-state index in [1.54, 1.807) is 4.90 Å². The number of para-hydroxylation sites is 2. The normalized spacial score (nSPS) is 14.1. The fraction of sp³-hybridized carbons (Fsp3) is 0.160. The zero-order valence-corrected chi connectivity index (χ0v) is 18.0. The number of amides is 1. The highest BCUT2D eigenvalue weighted by Gasteiger charge is 2.26. The van der Waals surface area contributed by atoms with E-state index in [9.17, 15) is 9.18 Å². The van der Waals surface area contributed by atoms with Gasteiger partial charge < -0.3 is 9.80 Å². The molecule has 4 aromatic rings. The molecule has 5 rings (SSSR count). The summed E-state index contributed by atoms with van der Waals surface area (Å²) in [5, 5.41) is -0.0478. The van der Waals surface area contributed by atoms with Crippen LogP contribution in [0.3, 0.4) is 0 Å². The maximum Gasteiger partial charge on any atom is 0.254 e. The predicted molar refractivity (Wildman–Crippen MR) is 125 cm³/mol. The van der Waals surface area contributed by atoms with Gasteiger partial charge in [0.15, 0.2) is 5.82 Å². The molecule has 3 aromatic carbocycles. The van der Waals surface area contributed by atoms with Gasteiger partial charge in [0.25, 0.3) is 5.91 Å². The van der Waals surface area contributed by atoms with Gasteiger partial charge in [0.05, 0.1) is 16.1 Å². The third-order valence-electron chi connectivity index (χ3n) is 5.63. The fourth-order valence-electron chi connectivity index (χ4n) is 3.93. The van der Waals surface area contributed by atoms with E-state index in [4.69, 9.17) is 21.6 Å². The van der Waals surface area contributed by atoms with Crippen LogP contribution in [0.25, 0.3) is 22.3 Å². The Morgan fingerprint density at radius 2 is 1.50 bits per heavy atom. The molecule has 32 heavy (non-hydrogen) atoms.